The summed E-state index contributed by atoms with van der Waals surface area (Å²) in [5, 5.41) is 10.6. The van der Waals surface area contributed by atoms with Crippen LogP contribution in [-0.2, 0) is 37.1 Å². The zero-order chi connectivity index (χ0) is 48.3. The molecule has 2 aromatic heterocycles. The number of ether oxygens (including phenoxy) is 1. The molecule has 8 rings (SSSR count). The Morgan fingerprint density at radius 1 is 0.580 bits per heavy atom. The van der Waals surface area contributed by atoms with Crippen LogP contribution < -0.4 is 21.3 Å². The summed E-state index contributed by atoms with van der Waals surface area (Å²) >= 11 is 0. The number of carbonyl (C=O) groups excluding carboxylic acids is 6. The van der Waals surface area contributed by atoms with Crippen molar-refractivity contribution in [2.75, 3.05) is 26.2 Å². The zero-order valence-electron chi connectivity index (χ0n) is 38.6. The van der Waals surface area contributed by atoms with Gasteiger partial charge in [0.1, 0.15) is 23.7 Å². The van der Waals surface area contributed by atoms with Gasteiger partial charge in [-0.3, -0.25) is 19.2 Å². The van der Waals surface area contributed by atoms with Crippen LogP contribution in [0.15, 0.2) is 122 Å². The van der Waals surface area contributed by atoms with Crippen LogP contribution in [-0.4, -0.2) is 91.4 Å². The Labute approximate surface area is 399 Å². The fourth-order valence-corrected chi connectivity index (χ4v) is 8.85. The first kappa shape index (κ1) is 47.6. The van der Waals surface area contributed by atoms with Crippen LogP contribution >= 0.6 is 0 Å². The molecule has 0 radical (unpaired) electrons. The standard InChI is InChI=1S/C52H56N10O7/c1-3-53-51(67)59-43(37-13-7-5-8-14-37)45(63)49(65)61-27-11-17-41(61)47-55-29-39(57-47)35-23-19-33(20-24-35)31-69-32-34-21-25-36(26-22-34)40-30-56-48(58-40)42-18-12-28-62(42)50(66)46(64)44(60-52(68)54-4-2)38-15-9-6-10-16-38/h5-10,13-16,19-26,29-30,41-44H,3-4,11-12,17-18,27-28,31-32H2,1-2H3,(H,55,57)(H,56,58)(H2,53,59,67)(H2,54,60,68)/t41-,42-,43-,44+/m0/s1. The molecule has 0 bridgehead atoms. The Hall–Kier alpha value is -7.92. The minimum atomic E-state index is -1.13. The molecule has 0 spiro atoms. The second-order valence-electron chi connectivity index (χ2n) is 17.0. The highest BCUT2D eigenvalue weighted by atomic mass is 16.5. The largest absolute Gasteiger partial charge is 0.372 e. The summed E-state index contributed by atoms with van der Waals surface area (Å²) in [7, 11) is 0. The first-order chi connectivity index (χ1) is 33.6. The first-order valence-corrected chi connectivity index (χ1v) is 23.4. The van der Waals surface area contributed by atoms with Crippen molar-refractivity contribution in [3.8, 4) is 22.5 Å². The molecule has 6 aromatic rings. The fraction of sp³-hybridized carbons (Fsp3) is 0.308. The van der Waals surface area contributed by atoms with Crippen LogP contribution in [0.5, 0.6) is 0 Å². The van der Waals surface area contributed by atoms with Crippen molar-refractivity contribution in [3.63, 3.8) is 0 Å². The SMILES string of the molecule is CCNC(=O)N[C@H](C(=O)C(=O)N1CCC[C@H]1c1ncc(-c2ccc(COCc3ccc(-c4cnc([C@@H]5CCCN5C(=O)C(=O)[C@H](NC(=O)NCC)c5ccccc5)[nH]4)cc3)cc2)[nH]1)c1ccccc1. The molecular formula is C52H56N10O7. The van der Waals surface area contributed by atoms with Crippen molar-refractivity contribution >= 4 is 35.4 Å². The Morgan fingerprint density at radius 2 is 0.971 bits per heavy atom. The van der Waals surface area contributed by atoms with Gasteiger partial charge in [0, 0.05) is 26.2 Å². The van der Waals surface area contributed by atoms with Crippen LogP contribution in [0.2, 0.25) is 0 Å². The molecule has 0 aliphatic carbocycles. The number of urea groups is 2. The number of rotatable bonds is 18. The smallest absolute Gasteiger partial charge is 0.315 e. The Bertz CT molecular complexity index is 2550. The summed E-state index contributed by atoms with van der Waals surface area (Å²) in [6.07, 6.45) is 6.15. The monoisotopic (exact) mass is 932 g/mol. The number of hydrogen-bond donors (Lipinski definition) is 6. The summed E-state index contributed by atoms with van der Waals surface area (Å²) in [6.45, 7) is 5.86. The second kappa shape index (κ2) is 22.3. The van der Waals surface area contributed by atoms with Gasteiger partial charge in [-0.15, -0.1) is 0 Å². The minimum Gasteiger partial charge on any atom is -0.372 e. The number of aromatic nitrogens is 4. The lowest BCUT2D eigenvalue weighted by atomic mass is 10.0. The average molecular weight is 933 g/mol. The van der Waals surface area contributed by atoms with Gasteiger partial charge in [-0.1, -0.05) is 109 Å². The summed E-state index contributed by atoms with van der Waals surface area (Å²) in [5.74, 6) is -1.59. The minimum absolute atomic E-state index is 0.372. The Balaban J connectivity index is 0.835. The molecule has 6 N–H and O–H groups in total. The molecular weight excluding hydrogens is 877 g/mol. The number of H-pyrrole nitrogens is 2. The number of hydrogen-bond acceptors (Lipinski definition) is 9. The van der Waals surface area contributed by atoms with E-state index in [4.69, 9.17) is 4.74 Å². The highest BCUT2D eigenvalue weighted by Gasteiger charge is 2.40. The van der Waals surface area contributed by atoms with Crippen molar-refractivity contribution in [3.05, 3.63) is 155 Å². The number of nitrogens with one attached hydrogen (secondary N) is 6. The molecule has 17 nitrogen and oxygen atoms in total. The normalized spacial score (nSPS) is 16.4. The van der Waals surface area contributed by atoms with Gasteiger partial charge in [-0.05, 0) is 72.9 Å². The van der Waals surface area contributed by atoms with Crippen molar-refractivity contribution in [2.24, 2.45) is 0 Å². The molecule has 0 unspecified atom stereocenters. The van der Waals surface area contributed by atoms with E-state index in [2.05, 4.69) is 41.2 Å². The van der Waals surface area contributed by atoms with Crippen LogP contribution in [0.4, 0.5) is 9.59 Å². The fourth-order valence-electron chi connectivity index (χ4n) is 8.85. The van der Waals surface area contributed by atoms with Gasteiger partial charge in [0.15, 0.2) is 0 Å². The maximum atomic E-state index is 13.7. The molecule has 4 atom stereocenters. The van der Waals surface area contributed by atoms with Gasteiger partial charge in [-0.25, -0.2) is 19.6 Å². The molecule has 2 aliphatic rings. The van der Waals surface area contributed by atoms with Crippen LogP contribution in [0.1, 0.15) is 97.6 Å². The lowest BCUT2D eigenvalue weighted by Crippen LogP contribution is -2.46. The Morgan fingerprint density at radius 3 is 1.35 bits per heavy atom. The third kappa shape index (κ3) is 11.3. The van der Waals surface area contributed by atoms with E-state index in [0.29, 0.717) is 87.9 Å². The van der Waals surface area contributed by atoms with Crippen LogP contribution in [0, 0.1) is 0 Å². The Kier molecular flexibility index (Phi) is 15.3. The number of imidazole rings is 2. The number of nitrogens with zero attached hydrogens (tertiary/aromatic N) is 4. The van der Waals surface area contributed by atoms with Crippen molar-refractivity contribution in [1.82, 2.24) is 51.0 Å². The molecule has 17 heteroatoms. The van der Waals surface area contributed by atoms with Gasteiger partial charge in [-0.2, -0.15) is 0 Å². The number of carbonyl (C=O) groups is 6. The van der Waals surface area contributed by atoms with Gasteiger partial charge >= 0.3 is 12.1 Å². The second-order valence-corrected chi connectivity index (χ2v) is 17.0. The molecule has 356 valence electrons. The highest BCUT2D eigenvalue weighted by molar-refractivity contribution is 6.39. The van der Waals surface area contributed by atoms with Crippen LogP contribution in [0.25, 0.3) is 22.5 Å². The van der Waals surface area contributed by atoms with E-state index in [1.165, 1.54) is 0 Å². The van der Waals surface area contributed by atoms with E-state index in [9.17, 15) is 28.8 Å². The molecule has 2 fully saturated rings. The predicted octanol–water partition coefficient (Wildman–Crippen LogP) is 6.77. The molecule has 6 amide bonds. The lowest BCUT2D eigenvalue weighted by molar-refractivity contribution is -0.146. The number of Topliss-reactive ketones (excluding diaryl/α,β-unsaturated/α-hetero) is 2. The molecule has 4 heterocycles. The van der Waals surface area contributed by atoms with Gasteiger partial charge < -0.3 is 45.8 Å². The molecule has 0 saturated carbocycles. The van der Waals surface area contributed by atoms with Gasteiger partial charge in [0.2, 0.25) is 11.6 Å². The summed E-state index contributed by atoms with van der Waals surface area (Å²) in [6, 6.07) is 29.2. The van der Waals surface area contributed by atoms with Crippen LogP contribution in [0.3, 0.4) is 0 Å². The third-order valence-electron chi connectivity index (χ3n) is 12.4. The lowest BCUT2D eigenvalue weighted by Gasteiger charge is -2.25. The van der Waals surface area contributed by atoms with E-state index in [1.54, 1.807) is 96.7 Å². The summed E-state index contributed by atoms with van der Waals surface area (Å²) < 4.78 is 6.08. The maximum Gasteiger partial charge on any atom is 0.315 e. The number of aromatic amines is 2. The van der Waals surface area contributed by atoms with E-state index >= 15 is 0 Å². The van der Waals surface area contributed by atoms with Gasteiger partial charge in [0.25, 0.3) is 11.8 Å². The maximum absolute atomic E-state index is 13.7. The molecule has 2 aliphatic heterocycles. The quantitative estimate of drug-likeness (QED) is 0.0500. The number of ketones is 2. The van der Waals surface area contributed by atoms with Gasteiger partial charge in [0.05, 0.1) is 49.1 Å². The molecule has 4 aromatic carbocycles. The van der Waals surface area contributed by atoms with Crippen molar-refractivity contribution in [1.29, 1.82) is 0 Å². The van der Waals surface area contributed by atoms with E-state index in [1.807, 2.05) is 48.5 Å². The number of likely N-dealkylation sites (tertiary alicyclic amines) is 2. The zero-order valence-corrected chi connectivity index (χ0v) is 38.6. The van der Waals surface area contributed by atoms with E-state index in [-0.39, 0.29) is 0 Å². The predicted molar refractivity (Wildman–Crippen MR) is 257 cm³/mol. The average Bonchev–Trinajstić information content (AvgIpc) is 4.23. The molecule has 69 heavy (non-hydrogen) atoms. The summed E-state index contributed by atoms with van der Waals surface area (Å²) in [4.78, 5) is 98.8. The number of benzene rings is 4. The van der Waals surface area contributed by atoms with E-state index < -0.39 is 59.6 Å². The summed E-state index contributed by atoms with van der Waals surface area (Å²) in [5.41, 5.74) is 6.36. The van der Waals surface area contributed by atoms with Crippen molar-refractivity contribution in [2.45, 2.75) is 76.9 Å². The first-order valence-electron chi connectivity index (χ1n) is 23.4. The topological polar surface area (TPSA) is 224 Å². The third-order valence-corrected chi connectivity index (χ3v) is 12.4. The highest BCUT2D eigenvalue weighted by Crippen LogP contribution is 2.34. The molecule has 2 saturated heterocycles. The number of amides is 6. The van der Waals surface area contributed by atoms with Crippen molar-refractivity contribution < 1.29 is 33.5 Å². The van der Waals surface area contributed by atoms with E-state index in [0.717, 1.165) is 33.6 Å².